The number of fused-ring (bicyclic) bond motifs is 1. The SMILES string of the molecule is Cc1c(CCCCCOc2ccccc2)[nH]c2ccccc2c1=O. The molecule has 0 aliphatic rings. The summed E-state index contributed by atoms with van der Waals surface area (Å²) in [5.41, 5.74) is 2.97. The molecular formula is C21H23NO2. The molecule has 0 spiro atoms. The van der Waals surface area contributed by atoms with E-state index < -0.39 is 0 Å². The maximum atomic E-state index is 12.4. The van der Waals surface area contributed by atoms with Crippen molar-refractivity contribution in [3.8, 4) is 5.75 Å². The lowest BCUT2D eigenvalue weighted by atomic mass is 10.0. The van der Waals surface area contributed by atoms with Crippen LogP contribution in [0.2, 0.25) is 0 Å². The molecule has 3 heteroatoms. The van der Waals surface area contributed by atoms with Crippen LogP contribution in [0.5, 0.6) is 5.75 Å². The van der Waals surface area contributed by atoms with Gasteiger partial charge < -0.3 is 9.72 Å². The van der Waals surface area contributed by atoms with E-state index in [1.54, 1.807) is 0 Å². The number of aromatic nitrogens is 1. The van der Waals surface area contributed by atoms with Crippen LogP contribution in [0.25, 0.3) is 10.9 Å². The van der Waals surface area contributed by atoms with Crippen molar-refractivity contribution in [2.75, 3.05) is 6.61 Å². The highest BCUT2D eigenvalue weighted by atomic mass is 16.5. The van der Waals surface area contributed by atoms with E-state index in [-0.39, 0.29) is 5.43 Å². The number of aryl methyl sites for hydroxylation is 1. The fourth-order valence-corrected chi connectivity index (χ4v) is 2.92. The first kappa shape index (κ1) is 16.3. The number of H-pyrrole nitrogens is 1. The molecule has 0 saturated carbocycles. The maximum Gasteiger partial charge on any atom is 0.192 e. The molecule has 3 rings (SSSR count). The Hall–Kier alpha value is -2.55. The van der Waals surface area contributed by atoms with Crippen LogP contribution in [0.15, 0.2) is 59.4 Å². The number of pyridine rings is 1. The molecule has 0 atom stereocenters. The Balaban J connectivity index is 1.51. The summed E-state index contributed by atoms with van der Waals surface area (Å²) in [5, 5.41) is 0.773. The molecule has 0 saturated heterocycles. The molecule has 124 valence electrons. The molecule has 1 N–H and O–H groups in total. The van der Waals surface area contributed by atoms with Gasteiger partial charge in [-0.1, -0.05) is 30.3 Å². The summed E-state index contributed by atoms with van der Waals surface area (Å²) in [6, 6.07) is 17.6. The van der Waals surface area contributed by atoms with Gasteiger partial charge in [-0.3, -0.25) is 4.79 Å². The van der Waals surface area contributed by atoms with Crippen molar-refractivity contribution in [2.45, 2.75) is 32.6 Å². The average Bonchev–Trinajstić information content (AvgIpc) is 2.63. The van der Waals surface area contributed by atoms with Gasteiger partial charge in [0, 0.05) is 22.2 Å². The summed E-state index contributed by atoms with van der Waals surface area (Å²) in [7, 11) is 0. The molecule has 3 nitrogen and oxygen atoms in total. The largest absolute Gasteiger partial charge is 0.494 e. The van der Waals surface area contributed by atoms with Gasteiger partial charge in [0.2, 0.25) is 0 Å². The van der Waals surface area contributed by atoms with E-state index in [9.17, 15) is 4.79 Å². The fourth-order valence-electron chi connectivity index (χ4n) is 2.92. The minimum atomic E-state index is 0.145. The van der Waals surface area contributed by atoms with E-state index in [4.69, 9.17) is 4.74 Å². The number of hydrogen-bond donors (Lipinski definition) is 1. The Bertz CT molecular complexity index is 853. The van der Waals surface area contributed by atoms with Crippen LogP contribution >= 0.6 is 0 Å². The molecule has 1 heterocycles. The number of rotatable bonds is 7. The van der Waals surface area contributed by atoms with E-state index in [2.05, 4.69) is 4.98 Å². The third-order valence-electron chi connectivity index (χ3n) is 4.33. The van der Waals surface area contributed by atoms with Gasteiger partial charge in [0.05, 0.1) is 6.61 Å². The standard InChI is InChI=1S/C21H23NO2/c1-16-19(22-20-14-8-7-12-18(20)21(16)23)13-6-3-9-15-24-17-10-4-2-5-11-17/h2,4-5,7-8,10-12,14H,3,6,9,13,15H2,1H3,(H,22,23). The van der Waals surface area contributed by atoms with Gasteiger partial charge in [0.15, 0.2) is 5.43 Å². The highest BCUT2D eigenvalue weighted by Crippen LogP contribution is 2.14. The molecule has 0 unspecified atom stereocenters. The quantitative estimate of drug-likeness (QED) is 0.645. The molecule has 3 aromatic rings. The molecule has 24 heavy (non-hydrogen) atoms. The van der Waals surface area contributed by atoms with Crippen molar-refractivity contribution >= 4 is 10.9 Å². The number of benzene rings is 2. The van der Waals surface area contributed by atoms with E-state index in [0.29, 0.717) is 0 Å². The molecular weight excluding hydrogens is 298 g/mol. The lowest BCUT2D eigenvalue weighted by Crippen LogP contribution is -2.11. The summed E-state index contributed by atoms with van der Waals surface area (Å²) < 4.78 is 5.70. The lowest BCUT2D eigenvalue weighted by molar-refractivity contribution is 0.305. The Morgan fingerprint density at radius 2 is 1.67 bits per heavy atom. The number of hydrogen-bond acceptors (Lipinski definition) is 2. The van der Waals surface area contributed by atoms with Gasteiger partial charge in [0.1, 0.15) is 5.75 Å². The van der Waals surface area contributed by atoms with Crippen LogP contribution in [0.1, 0.15) is 30.5 Å². The van der Waals surface area contributed by atoms with Crippen LogP contribution in [0.4, 0.5) is 0 Å². The zero-order valence-corrected chi connectivity index (χ0v) is 14.0. The maximum absolute atomic E-state index is 12.4. The van der Waals surface area contributed by atoms with E-state index >= 15 is 0 Å². The third-order valence-corrected chi connectivity index (χ3v) is 4.33. The minimum absolute atomic E-state index is 0.145. The first-order valence-electron chi connectivity index (χ1n) is 8.54. The van der Waals surface area contributed by atoms with Crippen LogP contribution < -0.4 is 10.2 Å². The first-order chi connectivity index (χ1) is 11.8. The van der Waals surface area contributed by atoms with Crippen LogP contribution in [-0.2, 0) is 6.42 Å². The number of unbranched alkanes of at least 4 members (excludes halogenated alkanes) is 2. The Morgan fingerprint density at radius 3 is 2.50 bits per heavy atom. The first-order valence-corrected chi connectivity index (χ1v) is 8.54. The van der Waals surface area contributed by atoms with Gasteiger partial charge in [-0.05, 0) is 56.9 Å². The van der Waals surface area contributed by atoms with Gasteiger partial charge in [-0.25, -0.2) is 0 Å². The van der Waals surface area contributed by atoms with Crippen molar-refractivity contribution in [3.05, 3.63) is 76.1 Å². The van der Waals surface area contributed by atoms with Gasteiger partial charge in [-0.2, -0.15) is 0 Å². The molecule has 0 aliphatic carbocycles. The Labute approximate surface area is 142 Å². The average molecular weight is 321 g/mol. The zero-order chi connectivity index (χ0) is 16.8. The van der Waals surface area contributed by atoms with Crippen molar-refractivity contribution in [1.82, 2.24) is 4.98 Å². The lowest BCUT2D eigenvalue weighted by Gasteiger charge is -2.09. The molecule has 0 aliphatic heterocycles. The predicted molar refractivity (Wildman–Crippen MR) is 98.8 cm³/mol. The summed E-state index contributed by atoms with van der Waals surface area (Å²) in [4.78, 5) is 15.8. The number of nitrogens with one attached hydrogen (secondary N) is 1. The van der Waals surface area contributed by atoms with E-state index in [1.165, 1.54) is 0 Å². The summed E-state index contributed by atoms with van der Waals surface area (Å²) in [6.45, 7) is 2.65. The third kappa shape index (κ3) is 3.85. The summed E-state index contributed by atoms with van der Waals surface area (Å²) in [5.74, 6) is 0.923. The van der Waals surface area contributed by atoms with Gasteiger partial charge in [0.25, 0.3) is 0 Å². The molecule has 2 aromatic carbocycles. The highest BCUT2D eigenvalue weighted by Gasteiger charge is 2.07. The second kappa shape index (κ2) is 7.82. The molecule has 1 aromatic heterocycles. The van der Waals surface area contributed by atoms with Crippen molar-refractivity contribution < 1.29 is 4.74 Å². The zero-order valence-electron chi connectivity index (χ0n) is 14.0. The fraction of sp³-hybridized carbons (Fsp3) is 0.286. The van der Waals surface area contributed by atoms with Crippen LogP contribution in [0, 0.1) is 6.92 Å². The van der Waals surface area contributed by atoms with Gasteiger partial charge >= 0.3 is 0 Å². The summed E-state index contributed by atoms with van der Waals surface area (Å²) in [6.07, 6.45) is 4.05. The second-order valence-electron chi connectivity index (χ2n) is 6.08. The van der Waals surface area contributed by atoms with Crippen LogP contribution in [-0.4, -0.2) is 11.6 Å². The number of para-hydroxylation sites is 2. The smallest absolute Gasteiger partial charge is 0.192 e. The molecule has 0 radical (unpaired) electrons. The number of aromatic amines is 1. The van der Waals surface area contributed by atoms with Crippen LogP contribution in [0.3, 0.4) is 0 Å². The van der Waals surface area contributed by atoms with Crippen molar-refractivity contribution in [3.63, 3.8) is 0 Å². The number of ether oxygens (including phenoxy) is 1. The Kier molecular flexibility index (Phi) is 5.32. The second-order valence-corrected chi connectivity index (χ2v) is 6.08. The minimum Gasteiger partial charge on any atom is -0.494 e. The van der Waals surface area contributed by atoms with E-state index in [1.807, 2.05) is 61.5 Å². The van der Waals surface area contributed by atoms with Crippen molar-refractivity contribution in [1.29, 1.82) is 0 Å². The molecule has 0 fully saturated rings. The van der Waals surface area contributed by atoms with Crippen molar-refractivity contribution in [2.24, 2.45) is 0 Å². The predicted octanol–water partition coefficient (Wildman–Crippen LogP) is 4.63. The monoisotopic (exact) mass is 321 g/mol. The molecule has 0 bridgehead atoms. The normalized spacial score (nSPS) is 10.9. The Morgan fingerprint density at radius 1 is 0.917 bits per heavy atom. The topological polar surface area (TPSA) is 42.1 Å². The van der Waals surface area contributed by atoms with E-state index in [0.717, 1.165) is 60.2 Å². The molecule has 0 amide bonds. The summed E-state index contributed by atoms with van der Waals surface area (Å²) >= 11 is 0. The highest BCUT2D eigenvalue weighted by molar-refractivity contribution is 5.79. The van der Waals surface area contributed by atoms with Gasteiger partial charge in [-0.15, -0.1) is 0 Å².